The van der Waals surface area contributed by atoms with Crippen molar-refractivity contribution in [3.63, 3.8) is 0 Å². The molecule has 1 aliphatic heterocycles. The van der Waals surface area contributed by atoms with Gasteiger partial charge in [0, 0.05) is 12.6 Å². The zero-order valence-electron chi connectivity index (χ0n) is 10.4. The highest BCUT2D eigenvalue weighted by Gasteiger charge is 2.23. The number of amides is 1. The van der Waals surface area contributed by atoms with Gasteiger partial charge in [-0.2, -0.15) is 0 Å². The molecule has 2 heterocycles. The minimum atomic E-state index is -0.0487. The standard InChI is InChI=1S/C14H19NO3/c16-11-12-5-2-1-3-9-15(12)14(17)8-7-13-6-4-10-18-13/h4,6-8,10,12,16H,1-3,5,9,11H2/b8-7+. The van der Waals surface area contributed by atoms with Crippen molar-refractivity contribution in [2.45, 2.75) is 31.7 Å². The number of hydrogen-bond donors (Lipinski definition) is 1. The number of carbonyl (C=O) groups excluding carboxylic acids is 1. The maximum atomic E-state index is 12.1. The van der Waals surface area contributed by atoms with E-state index in [1.54, 1.807) is 29.4 Å². The highest BCUT2D eigenvalue weighted by Crippen LogP contribution is 2.17. The first-order valence-corrected chi connectivity index (χ1v) is 6.44. The van der Waals surface area contributed by atoms with Crippen LogP contribution in [-0.2, 0) is 4.79 Å². The lowest BCUT2D eigenvalue weighted by Crippen LogP contribution is -2.41. The van der Waals surface area contributed by atoms with Gasteiger partial charge in [-0.15, -0.1) is 0 Å². The Balaban J connectivity index is 2.01. The zero-order valence-corrected chi connectivity index (χ0v) is 10.4. The molecule has 0 aromatic carbocycles. The monoisotopic (exact) mass is 249 g/mol. The van der Waals surface area contributed by atoms with E-state index in [0.29, 0.717) is 5.76 Å². The SMILES string of the molecule is O=C(/C=C/c1ccco1)N1CCCCCC1CO. The maximum absolute atomic E-state index is 12.1. The van der Waals surface area contributed by atoms with E-state index in [9.17, 15) is 9.90 Å². The van der Waals surface area contributed by atoms with Gasteiger partial charge in [0.2, 0.25) is 5.91 Å². The van der Waals surface area contributed by atoms with Crippen molar-refractivity contribution < 1.29 is 14.3 Å². The van der Waals surface area contributed by atoms with Gasteiger partial charge in [0.05, 0.1) is 18.9 Å². The predicted octanol–water partition coefficient (Wildman–Crippen LogP) is 2.06. The maximum Gasteiger partial charge on any atom is 0.247 e. The molecule has 4 heteroatoms. The Morgan fingerprint density at radius 1 is 1.50 bits per heavy atom. The summed E-state index contributed by atoms with van der Waals surface area (Å²) in [5, 5.41) is 9.35. The summed E-state index contributed by atoms with van der Waals surface area (Å²) in [6.07, 6.45) is 8.87. The second-order valence-corrected chi connectivity index (χ2v) is 4.57. The number of aliphatic hydroxyl groups is 1. The summed E-state index contributed by atoms with van der Waals surface area (Å²) in [6, 6.07) is 3.55. The quantitative estimate of drug-likeness (QED) is 0.834. The summed E-state index contributed by atoms with van der Waals surface area (Å²) in [6.45, 7) is 0.771. The molecule has 1 atom stereocenters. The smallest absolute Gasteiger partial charge is 0.247 e. The van der Waals surface area contributed by atoms with Gasteiger partial charge in [0.15, 0.2) is 0 Å². The van der Waals surface area contributed by atoms with Crippen LogP contribution in [0.1, 0.15) is 31.4 Å². The van der Waals surface area contributed by atoms with E-state index in [1.807, 2.05) is 0 Å². The Bertz CT molecular complexity index is 397. The minimum Gasteiger partial charge on any atom is -0.465 e. The summed E-state index contributed by atoms with van der Waals surface area (Å²) < 4.78 is 5.14. The molecule has 1 aromatic heterocycles. The molecule has 2 rings (SSSR count). The third kappa shape index (κ3) is 3.23. The van der Waals surface area contributed by atoms with Crippen LogP contribution in [-0.4, -0.2) is 35.1 Å². The molecule has 1 aliphatic rings. The van der Waals surface area contributed by atoms with Crippen LogP contribution in [0.25, 0.3) is 6.08 Å². The van der Waals surface area contributed by atoms with Crippen LogP contribution < -0.4 is 0 Å². The fraction of sp³-hybridized carbons (Fsp3) is 0.500. The molecule has 1 amide bonds. The van der Waals surface area contributed by atoms with Crippen molar-refractivity contribution in [3.05, 3.63) is 30.2 Å². The molecule has 0 spiro atoms. The van der Waals surface area contributed by atoms with Gasteiger partial charge < -0.3 is 14.4 Å². The second-order valence-electron chi connectivity index (χ2n) is 4.57. The van der Waals surface area contributed by atoms with Crippen molar-refractivity contribution in [3.8, 4) is 0 Å². The van der Waals surface area contributed by atoms with E-state index in [-0.39, 0.29) is 18.6 Å². The van der Waals surface area contributed by atoms with Crippen LogP contribution in [0.5, 0.6) is 0 Å². The Morgan fingerprint density at radius 3 is 3.11 bits per heavy atom. The predicted molar refractivity (Wildman–Crippen MR) is 68.8 cm³/mol. The molecular weight excluding hydrogens is 230 g/mol. The Labute approximate surface area is 107 Å². The molecule has 0 bridgehead atoms. The normalized spacial score (nSPS) is 21.2. The van der Waals surface area contributed by atoms with E-state index < -0.39 is 0 Å². The Kier molecular flexibility index (Phi) is 4.59. The average molecular weight is 249 g/mol. The third-order valence-electron chi connectivity index (χ3n) is 3.30. The second kappa shape index (κ2) is 6.40. The van der Waals surface area contributed by atoms with Gasteiger partial charge in [-0.05, 0) is 31.1 Å². The van der Waals surface area contributed by atoms with Gasteiger partial charge in [0.1, 0.15) is 5.76 Å². The fourth-order valence-electron chi connectivity index (χ4n) is 2.29. The summed E-state index contributed by atoms with van der Waals surface area (Å²) in [7, 11) is 0. The van der Waals surface area contributed by atoms with Gasteiger partial charge in [-0.25, -0.2) is 0 Å². The molecular formula is C14H19NO3. The molecule has 1 saturated heterocycles. The molecule has 18 heavy (non-hydrogen) atoms. The van der Waals surface area contributed by atoms with Crippen LogP contribution >= 0.6 is 0 Å². The van der Waals surface area contributed by atoms with Gasteiger partial charge in [0.25, 0.3) is 0 Å². The van der Waals surface area contributed by atoms with Crippen LogP contribution in [0.15, 0.2) is 28.9 Å². The van der Waals surface area contributed by atoms with Crippen molar-refractivity contribution in [2.75, 3.05) is 13.2 Å². The van der Waals surface area contributed by atoms with Crippen molar-refractivity contribution in [1.29, 1.82) is 0 Å². The molecule has 1 fully saturated rings. The lowest BCUT2D eigenvalue weighted by Gasteiger charge is -2.27. The van der Waals surface area contributed by atoms with Crippen LogP contribution in [0, 0.1) is 0 Å². The number of likely N-dealkylation sites (tertiary alicyclic amines) is 1. The first kappa shape index (κ1) is 12.9. The number of nitrogens with zero attached hydrogens (tertiary/aromatic N) is 1. The zero-order chi connectivity index (χ0) is 12.8. The largest absolute Gasteiger partial charge is 0.465 e. The number of hydrogen-bond acceptors (Lipinski definition) is 3. The molecule has 4 nitrogen and oxygen atoms in total. The Hall–Kier alpha value is -1.55. The minimum absolute atomic E-state index is 0.0405. The van der Waals surface area contributed by atoms with Crippen LogP contribution in [0.4, 0.5) is 0 Å². The average Bonchev–Trinajstić information content (AvgIpc) is 2.79. The molecule has 1 N–H and O–H groups in total. The highest BCUT2D eigenvalue weighted by molar-refractivity contribution is 5.91. The van der Waals surface area contributed by atoms with E-state index in [4.69, 9.17) is 4.42 Å². The number of carbonyl (C=O) groups is 1. The third-order valence-corrected chi connectivity index (χ3v) is 3.30. The highest BCUT2D eigenvalue weighted by atomic mass is 16.3. The summed E-state index contributed by atoms with van der Waals surface area (Å²) in [5.41, 5.74) is 0. The van der Waals surface area contributed by atoms with Crippen molar-refractivity contribution >= 4 is 12.0 Å². The number of furan rings is 1. The first-order valence-electron chi connectivity index (χ1n) is 6.44. The summed E-state index contributed by atoms with van der Waals surface area (Å²) in [4.78, 5) is 13.9. The van der Waals surface area contributed by atoms with E-state index >= 15 is 0 Å². The Morgan fingerprint density at radius 2 is 2.39 bits per heavy atom. The van der Waals surface area contributed by atoms with Crippen molar-refractivity contribution in [2.24, 2.45) is 0 Å². The molecule has 1 unspecified atom stereocenters. The fourth-order valence-corrected chi connectivity index (χ4v) is 2.29. The summed E-state index contributed by atoms with van der Waals surface area (Å²) >= 11 is 0. The van der Waals surface area contributed by atoms with Gasteiger partial charge >= 0.3 is 0 Å². The lowest BCUT2D eigenvalue weighted by molar-refractivity contribution is -0.129. The first-order chi connectivity index (χ1) is 8.81. The number of rotatable bonds is 3. The number of aliphatic hydroxyl groups excluding tert-OH is 1. The molecule has 0 aliphatic carbocycles. The van der Waals surface area contributed by atoms with E-state index in [1.165, 1.54) is 6.08 Å². The van der Waals surface area contributed by atoms with E-state index in [2.05, 4.69) is 0 Å². The lowest BCUT2D eigenvalue weighted by atomic mass is 10.1. The van der Waals surface area contributed by atoms with Crippen molar-refractivity contribution in [1.82, 2.24) is 4.90 Å². The van der Waals surface area contributed by atoms with Gasteiger partial charge in [-0.1, -0.05) is 12.8 Å². The molecule has 0 radical (unpaired) electrons. The van der Waals surface area contributed by atoms with Crippen LogP contribution in [0.2, 0.25) is 0 Å². The van der Waals surface area contributed by atoms with Gasteiger partial charge in [-0.3, -0.25) is 4.79 Å². The van der Waals surface area contributed by atoms with Crippen LogP contribution in [0.3, 0.4) is 0 Å². The topological polar surface area (TPSA) is 53.7 Å². The van der Waals surface area contributed by atoms with E-state index in [0.717, 1.165) is 32.2 Å². The molecule has 1 aromatic rings. The summed E-state index contributed by atoms with van der Waals surface area (Å²) in [5.74, 6) is 0.617. The molecule has 98 valence electrons. The molecule has 0 saturated carbocycles.